The predicted octanol–water partition coefficient (Wildman–Crippen LogP) is 4.13. The Morgan fingerprint density at radius 1 is 1.19 bits per heavy atom. The number of thiazole rings is 1. The maximum absolute atomic E-state index is 12.4. The molecule has 6 heteroatoms. The molecule has 3 aromatic rings. The lowest BCUT2D eigenvalue weighted by Crippen LogP contribution is -2.23. The van der Waals surface area contributed by atoms with Gasteiger partial charge in [-0.15, -0.1) is 11.3 Å². The second-order valence-corrected chi connectivity index (χ2v) is 7.27. The lowest BCUT2D eigenvalue weighted by molar-refractivity contribution is 0.102. The van der Waals surface area contributed by atoms with Gasteiger partial charge in [0.1, 0.15) is 0 Å². The molecule has 26 heavy (non-hydrogen) atoms. The van der Waals surface area contributed by atoms with Crippen molar-refractivity contribution >= 4 is 22.4 Å². The summed E-state index contributed by atoms with van der Waals surface area (Å²) in [5.41, 5.74) is 2.92. The fourth-order valence-corrected chi connectivity index (χ4v) is 3.95. The van der Waals surface area contributed by atoms with Crippen molar-refractivity contribution in [2.75, 3.05) is 11.9 Å². The van der Waals surface area contributed by atoms with Gasteiger partial charge in [-0.25, -0.2) is 4.98 Å². The number of aromatic nitrogens is 2. The molecule has 0 saturated carbocycles. The molecule has 1 atom stereocenters. The second-order valence-electron chi connectivity index (χ2n) is 6.37. The van der Waals surface area contributed by atoms with E-state index in [1.165, 1.54) is 17.8 Å². The molecule has 0 bridgehead atoms. The summed E-state index contributed by atoms with van der Waals surface area (Å²) in [6, 6.07) is 14.3. The molecule has 0 spiro atoms. The van der Waals surface area contributed by atoms with Crippen molar-refractivity contribution in [3.63, 3.8) is 0 Å². The van der Waals surface area contributed by atoms with Crippen LogP contribution in [0, 0.1) is 0 Å². The molecule has 0 unspecified atom stereocenters. The molecule has 2 aromatic heterocycles. The Hall–Kier alpha value is -2.57. The van der Waals surface area contributed by atoms with Gasteiger partial charge in [0, 0.05) is 29.9 Å². The summed E-state index contributed by atoms with van der Waals surface area (Å²) in [6.07, 6.45) is 5.84. The summed E-state index contributed by atoms with van der Waals surface area (Å²) in [6.45, 7) is 1.87. The molecule has 1 N–H and O–H groups in total. The predicted molar refractivity (Wildman–Crippen MR) is 103 cm³/mol. The largest absolute Gasteiger partial charge is 0.298 e. The van der Waals surface area contributed by atoms with Gasteiger partial charge in [0.25, 0.3) is 5.91 Å². The van der Waals surface area contributed by atoms with Gasteiger partial charge < -0.3 is 0 Å². The van der Waals surface area contributed by atoms with Crippen LogP contribution in [0.25, 0.3) is 0 Å². The van der Waals surface area contributed by atoms with Gasteiger partial charge in [-0.1, -0.05) is 18.2 Å². The zero-order valence-corrected chi connectivity index (χ0v) is 15.2. The van der Waals surface area contributed by atoms with Crippen molar-refractivity contribution < 1.29 is 4.79 Å². The summed E-state index contributed by atoms with van der Waals surface area (Å²) < 4.78 is 0. The van der Waals surface area contributed by atoms with E-state index in [0.717, 1.165) is 30.8 Å². The van der Waals surface area contributed by atoms with Crippen molar-refractivity contribution in [2.45, 2.75) is 25.4 Å². The molecule has 1 saturated heterocycles. The van der Waals surface area contributed by atoms with Crippen LogP contribution in [-0.4, -0.2) is 27.3 Å². The van der Waals surface area contributed by atoms with Crippen molar-refractivity contribution in [1.82, 2.24) is 14.9 Å². The third kappa shape index (κ3) is 3.81. The zero-order chi connectivity index (χ0) is 17.8. The molecule has 132 valence electrons. The smallest absolute Gasteiger partial charge is 0.257 e. The van der Waals surface area contributed by atoms with Crippen LogP contribution in [0.15, 0.2) is 60.2 Å². The van der Waals surface area contributed by atoms with Crippen molar-refractivity contribution in [3.05, 3.63) is 77.1 Å². The lowest BCUT2D eigenvalue weighted by Gasteiger charge is -2.24. The molecule has 1 fully saturated rings. The Kier molecular flexibility index (Phi) is 5.04. The SMILES string of the molecule is O=C(Nc1nccs1)c1cccc(CN2CCC[C@H]2c2ccccn2)c1. The van der Waals surface area contributed by atoms with Crippen molar-refractivity contribution in [2.24, 2.45) is 0 Å². The van der Waals surface area contributed by atoms with E-state index in [1.54, 1.807) is 6.20 Å². The highest BCUT2D eigenvalue weighted by Crippen LogP contribution is 2.32. The van der Waals surface area contributed by atoms with Gasteiger partial charge in [0.2, 0.25) is 0 Å². The molecule has 0 radical (unpaired) electrons. The van der Waals surface area contributed by atoms with E-state index in [1.807, 2.05) is 41.9 Å². The van der Waals surface area contributed by atoms with Crippen molar-refractivity contribution in [3.8, 4) is 0 Å². The molecular formula is C20H20N4OS. The number of amides is 1. The minimum absolute atomic E-state index is 0.121. The van der Waals surface area contributed by atoms with Gasteiger partial charge in [0.15, 0.2) is 5.13 Å². The average Bonchev–Trinajstić information content (AvgIpc) is 3.35. The summed E-state index contributed by atoms with van der Waals surface area (Å²) >= 11 is 1.42. The maximum atomic E-state index is 12.4. The van der Waals surface area contributed by atoms with E-state index < -0.39 is 0 Å². The van der Waals surface area contributed by atoms with E-state index in [0.29, 0.717) is 16.7 Å². The van der Waals surface area contributed by atoms with E-state index in [9.17, 15) is 4.79 Å². The highest BCUT2D eigenvalue weighted by Gasteiger charge is 2.26. The minimum Gasteiger partial charge on any atom is -0.298 e. The van der Waals surface area contributed by atoms with Gasteiger partial charge in [-0.2, -0.15) is 0 Å². The van der Waals surface area contributed by atoms with Crippen LogP contribution >= 0.6 is 11.3 Å². The van der Waals surface area contributed by atoms with Crippen LogP contribution < -0.4 is 5.32 Å². The number of benzene rings is 1. The number of rotatable bonds is 5. The summed E-state index contributed by atoms with van der Waals surface area (Å²) in [5.74, 6) is -0.121. The van der Waals surface area contributed by atoms with E-state index >= 15 is 0 Å². The second kappa shape index (κ2) is 7.76. The van der Waals surface area contributed by atoms with Gasteiger partial charge >= 0.3 is 0 Å². The first-order chi connectivity index (χ1) is 12.8. The lowest BCUT2D eigenvalue weighted by atomic mass is 10.1. The van der Waals surface area contributed by atoms with E-state index in [2.05, 4.69) is 32.3 Å². The van der Waals surface area contributed by atoms with Gasteiger partial charge in [-0.05, 0) is 49.2 Å². The molecular weight excluding hydrogens is 344 g/mol. The number of carbonyl (C=O) groups is 1. The molecule has 3 heterocycles. The topological polar surface area (TPSA) is 58.1 Å². The molecule has 0 aliphatic carbocycles. The van der Waals surface area contributed by atoms with Crippen LogP contribution in [-0.2, 0) is 6.54 Å². The number of hydrogen-bond acceptors (Lipinski definition) is 5. The third-order valence-corrected chi connectivity index (χ3v) is 5.31. The minimum atomic E-state index is -0.121. The third-order valence-electron chi connectivity index (χ3n) is 4.62. The molecule has 1 aliphatic rings. The number of anilines is 1. The quantitative estimate of drug-likeness (QED) is 0.740. The Bertz CT molecular complexity index is 867. The first-order valence-electron chi connectivity index (χ1n) is 8.74. The highest BCUT2D eigenvalue weighted by atomic mass is 32.1. The molecule has 1 aliphatic heterocycles. The normalized spacial score (nSPS) is 17.3. The Morgan fingerprint density at radius 3 is 2.96 bits per heavy atom. The fraction of sp³-hybridized carbons (Fsp3) is 0.250. The maximum Gasteiger partial charge on any atom is 0.257 e. The summed E-state index contributed by atoms with van der Waals surface area (Å²) in [7, 11) is 0. The Balaban J connectivity index is 1.47. The molecule has 1 aromatic carbocycles. The fourth-order valence-electron chi connectivity index (χ4n) is 3.42. The molecule has 5 nitrogen and oxygen atoms in total. The van der Waals surface area contributed by atoms with Crippen LogP contribution in [0.2, 0.25) is 0 Å². The Morgan fingerprint density at radius 2 is 2.15 bits per heavy atom. The van der Waals surface area contributed by atoms with E-state index in [4.69, 9.17) is 0 Å². The summed E-state index contributed by atoms with van der Waals surface area (Å²) in [5, 5.41) is 5.30. The van der Waals surface area contributed by atoms with Crippen LogP contribution in [0.3, 0.4) is 0 Å². The van der Waals surface area contributed by atoms with Crippen molar-refractivity contribution in [1.29, 1.82) is 0 Å². The van der Waals surface area contributed by atoms with Crippen LogP contribution in [0.5, 0.6) is 0 Å². The highest BCUT2D eigenvalue weighted by molar-refractivity contribution is 7.13. The van der Waals surface area contributed by atoms with E-state index in [-0.39, 0.29) is 5.91 Å². The summed E-state index contributed by atoms with van der Waals surface area (Å²) in [4.78, 5) is 23.5. The number of hydrogen-bond donors (Lipinski definition) is 1. The zero-order valence-electron chi connectivity index (χ0n) is 14.3. The standard InChI is InChI=1S/C20H20N4OS/c25-19(23-20-22-10-12-26-20)16-6-3-5-15(13-16)14-24-11-4-8-18(24)17-7-1-2-9-21-17/h1-3,5-7,9-10,12-13,18H,4,8,11,14H2,(H,22,23,25)/t18-/m0/s1. The number of nitrogens with zero attached hydrogens (tertiary/aromatic N) is 3. The van der Waals surface area contributed by atoms with Crippen LogP contribution in [0.4, 0.5) is 5.13 Å². The molecule has 1 amide bonds. The number of carbonyl (C=O) groups excluding carboxylic acids is 1. The average molecular weight is 364 g/mol. The van der Waals surface area contributed by atoms with Crippen LogP contribution in [0.1, 0.15) is 40.5 Å². The number of likely N-dealkylation sites (tertiary alicyclic amines) is 1. The first-order valence-corrected chi connectivity index (χ1v) is 9.62. The molecule has 4 rings (SSSR count). The number of pyridine rings is 1. The van der Waals surface area contributed by atoms with Gasteiger partial charge in [-0.3, -0.25) is 20.0 Å². The Labute approximate surface area is 156 Å². The monoisotopic (exact) mass is 364 g/mol. The first kappa shape index (κ1) is 16.9. The van der Waals surface area contributed by atoms with Gasteiger partial charge in [0.05, 0.1) is 11.7 Å². The number of nitrogens with one attached hydrogen (secondary N) is 1.